The molecule has 0 bridgehead atoms. The van der Waals surface area contributed by atoms with Crippen LogP contribution in [-0.2, 0) is 11.3 Å². The Labute approximate surface area is 153 Å². The van der Waals surface area contributed by atoms with Crippen molar-refractivity contribution in [2.24, 2.45) is 4.99 Å². The first-order chi connectivity index (χ1) is 12.7. The molecular formula is C18H25N7O. The van der Waals surface area contributed by atoms with Gasteiger partial charge in [-0.2, -0.15) is 5.10 Å². The molecular weight excluding hydrogens is 330 g/mol. The Morgan fingerprint density at radius 3 is 3.08 bits per heavy atom. The van der Waals surface area contributed by atoms with E-state index in [1.807, 2.05) is 32.2 Å². The van der Waals surface area contributed by atoms with Gasteiger partial charge < -0.3 is 15.5 Å². The van der Waals surface area contributed by atoms with E-state index >= 15 is 0 Å². The molecule has 2 heterocycles. The average Bonchev–Trinajstić information content (AvgIpc) is 3.18. The summed E-state index contributed by atoms with van der Waals surface area (Å²) in [5, 5.41) is 13.5. The first kappa shape index (κ1) is 17.9. The fourth-order valence-electron chi connectivity index (χ4n) is 2.98. The molecule has 0 aliphatic carbocycles. The molecule has 1 aromatic heterocycles. The normalized spacial score (nSPS) is 18.1. The number of likely N-dealkylation sites (N-methyl/N-ethyl adjacent to an activating group) is 1. The minimum Gasteiger partial charge on any atom is -0.357 e. The van der Waals surface area contributed by atoms with E-state index in [9.17, 15) is 4.79 Å². The Kier molecular flexibility index (Phi) is 5.83. The quantitative estimate of drug-likeness (QED) is 0.552. The molecule has 1 unspecified atom stereocenters. The van der Waals surface area contributed by atoms with Crippen LogP contribution >= 0.6 is 0 Å². The molecule has 1 fully saturated rings. The van der Waals surface area contributed by atoms with Crippen LogP contribution in [0.2, 0.25) is 0 Å². The third kappa shape index (κ3) is 4.59. The first-order valence-corrected chi connectivity index (χ1v) is 8.89. The van der Waals surface area contributed by atoms with Gasteiger partial charge in [-0.3, -0.25) is 9.89 Å². The van der Waals surface area contributed by atoms with E-state index in [4.69, 9.17) is 0 Å². The SMILES string of the molecule is CCNC(=NCc1cccc(-c2ncn[nH]2)c1)NC1CCC(=O)N(C)C1. The van der Waals surface area contributed by atoms with Gasteiger partial charge in [-0.05, 0) is 25.0 Å². The lowest BCUT2D eigenvalue weighted by molar-refractivity contribution is -0.132. The number of guanidine groups is 1. The van der Waals surface area contributed by atoms with E-state index < -0.39 is 0 Å². The van der Waals surface area contributed by atoms with Gasteiger partial charge in [-0.25, -0.2) is 9.98 Å². The van der Waals surface area contributed by atoms with Crippen LogP contribution in [0.15, 0.2) is 35.6 Å². The summed E-state index contributed by atoms with van der Waals surface area (Å²) < 4.78 is 0. The van der Waals surface area contributed by atoms with Gasteiger partial charge in [0.15, 0.2) is 11.8 Å². The van der Waals surface area contributed by atoms with Gasteiger partial charge in [0, 0.05) is 38.2 Å². The van der Waals surface area contributed by atoms with E-state index in [1.165, 1.54) is 6.33 Å². The Morgan fingerprint density at radius 2 is 2.35 bits per heavy atom. The minimum absolute atomic E-state index is 0.203. The van der Waals surface area contributed by atoms with Crippen LogP contribution in [0, 0.1) is 0 Å². The summed E-state index contributed by atoms with van der Waals surface area (Å²) in [7, 11) is 1.84. The van der Waals surface area contributed by atoms with Crippen molar-refractivity contribution in [3.63, 3.8) is 0 Å². The summed E-state index contributed by atoms with van der Waals surface area (Å²) in [5.41, 5.74) is 2.08. The van der Waals surface area contributed by atoms with Crippen LogP contribution in [0.5, 0.6) is 0 Å². The van der Waals surface area contributed by atoms with Gasteiger partial charge in [0.25, 0.3) is 0 Å². The smallest absolute Gasteiger partial charge is 0.222 e. The van der Waals surface area contributed by atoms with Crippen LogP contribution in [0.25, 0.3) is 11.4 Å². The maximum Gasteiger partial charge on any atom is 0.222 e. The molecule has 8 nitrogen and oxygen atoms in total. The van der Waals surface area contributed by atoms with Crippen LogP contribution in [0.3, 0.4) is 0 Å². The molecule has 3 N–H and O–H groups in total. The Bertz CT molecular complexity index is 757. The summed E-state index contributed by atoms with van der Waals surface area (Å²) in [5.74, 6) is 1.72. The lowest BCUT2D eigenvalue weighted by Gasteiger charge is -2.31. The van der Waals surface area contributed by atoms with Crippen LogP contribution in [0.4, 0.5) is 0 Å². The molecule has 138 valence electrons. The lowest BCUT2D eigenvalue weighted by atomic mass is 10.1. The second-order valence-electron chi connectivity index (χ2n) is 6.38. The fraction of sp³-hybridized carbons (Fsp3) is 0.444. The second-order valence-corrected chi connectivity index (χ2v) is 6.38. The van der Waals surface area contributed by atoms with E-state index in [-0.39, 0.29) is 11.9 Å². The lowest BCUT2D eigenvalue weighted by Crippen LogP contribution is -2.51. The van der Waals surface area contributed by atoms with E-state index in [0.717, 1.165) is 35.9 Å². The fourth-order valence-corrected chi connectivity index (χ4v) is 2.98. The van der Waals surface area contributed by atoms with Crippen LogP contribution in [0.1, 0.15) is 25.3 Å². The van der Waals surface area contributed by atoms with Crippen molar-refractivity contribution in [2.75, 3.05) is 20.1 Å². The number of H-pyrrole nitrogens is 1. The highest BCUT2D eigenvalue weighted by Gasteiger charge is 2.23. The highest BCUT2D eigenvalue weighted by atomic mass is 16.2. The zero-order valence-corrected chi connectivity index (χ0v) is 15.2. The summed E-state index contributed by atoms with van der Waals surface area (Å²) in [6.07, 6.45) is 2.90. The number of hydrogen-bond donors (Lipinski definition) is 3. The van der Waals surface area contributed by atoms with E-state index in [2.05, 4.69) is 36.9 Å². The molecule has 0 radical (unpaired) electrons. The van der Waals surface area contributed by atoms with Crippen molar-refractivity contribution in [3.8, 4) is 11.4 Å². The molecule has 1 amide bonds. The van der Waals surface area contributed by atoms with Gasteiger partial charge in [0.1, 0.15) is 6.33 Å². The van der Waals surface area contributed by atoms with Gasteiger partial charge in [-0.15, -0.1) is 0 Å². The Balaban J connectivity index is 1.66. The number of carbonyl (C=O) groups is 1. The zero-order chi connectivity index (χ0) is 18.4. The topological polar surface area (TPSA) is 98.3 Å². The second kappa shape index (κ2) is 8.46. The maximum absolute atomic E-state index is 11.6. The monoisotopic (exact) mass is 355 g/mol. The molecule has 2 aromatic rings. The van der Waals surface area contributed by atoms with Crippen molar-refractivity contribution >= 4 is 11.9 Å². The summed E-state index contributed by atoms with van der Waals surface area (Å²) in [6.45, 7) is 4.08. The molecule has 1 saturated heterocycles. The third-order valence-electron chi connectivity index (χ3n) is 4.35. The third-order valence-corrected chi connectivity index (χ3v) is 4.35. The molecule has 8 heteroatoms. The van der Waals surface area contributed by atoms with Crippen molar-refractivity contribution in [1.29, 1.82) is 0 Å². The molecule has 26 heavy (non-hydrogen) atoms. The number of piperidine rings is 1. The van der Waals surface area contributed by atoms with Crippen LogP contribution < -0.4 is 10.6 Å². The number of likely N-dealkylation sites (tertiary alicyclic amines) is 1. The molecule has 1 aliphatic heterocycles. The van der Waals surface area contributed by atoms with Crippen molar-refractivity contribution in [3.05, 3.63) is 36.2 Å². The predicted molar refractivity (Wildman–Crippen MR) is 100 cm³/mol. The molecule has 0 spiro atoms. The number of aromatic nitrogens is 3. The predicted octanol–water partition coefficient (Wildman–Crippen LogP) is 1.15. The number of carbonyl (C=O) groups excluding carboxylic acids is 1. The van der Waals surface area contributed by atoms with Gasteiger partial charge in [0.05, 0.1) is 6.54 Å². The highest BCUT2D eigenvalue weighted by molar-refractivity contribution is 5.81. The molecule has 1 aliphatic rings. The molecule has 0 saturated carbocycles. The molecule has 3 rings (SSSR count). The molecule has 1 aromatic carbocycles. The first-order valence-electron chi connectivity index (χ1n) is 8.89. The Hall–Kier alpha value is -2.90. The number of aromatic amines is 1. The zero-order valence-electron chi connectivity index (χ0n) is 15.2. The largest absolute Gasteiger partial charge is 0.357 e. The van der Waals surface area contributed by atoms with E-state index in [0.29, 0.717) is 19.5 Å². The number of nitrogens with one attached hydrogen (secondary N) is 3. The summed E-state index contributed by atoms with van der Waals surface area (Å²) >= 11 is 0. The van der Waals surface area contributed by atoms with Gasteiger partial charge >= 0.3 is 0 Å². The summed E-state index contributed by atoms with van der Waals surface area (Å²) in [4.78, 5) is 22.3. The van der Waals surface area contributed by atoms with Crippen molar-refractivity contribution in [1.82, 2.24) is 30.7 Å². The van der Waals surface area contributed by atoms with Crippen molar-refractivity contribution < 1.29 is 4.79 Å². The highest BCUT2D eigenvalue weighted by Crippen LogP contribution is 2.16. The standard InChI is InChI=1S/C18H25N7O/c1-3-19-18(23-15-7-8-16(26)25(2)11-15)20-10-13-5-4-6-14(9-13)17-21-12-22-24-17/h4-6,9,12,15H,3,7-8,10-11H2,1-2H3,(H2,19,20,23)(H,21,22,24). The minimum atomic E-state index is 0.203. The van der Waals surface area contributed by atoms with E-state index in [1.54, 1.807) is 4.90 Å². The number of benzene rings is 1. The summed E-state index contributed by atoms with van der Waals surface area (Å²) in [6, 6.07) is 8.30. The van der Waals surface area contributed by atoms with Gasteiger partial charge in [0.2, 0.25) is 5.91 Å². The number of nitrogens with zero attached hydrogens (tertiary/aromatic N) is 4. The average molecular weight is 355 g/mol. The molecule has 1 atom stereocenters. The number of rotatable bonds is 5. The van der Waals surface area contributed by atoms with Crippen LogP contribution in [-0.4, -0.2) is 58.1 Å². The number of aliphatic imine (C=N–C) groups is 1. The number of hydrogen-bond acceptors (Lipinski definition) is 4. The number of amides is 1. The Morgan fingerprint density at radius 1 is 1.46 bits per heavy atom. The maximum atomic E-state index is 11.6. The van der Waals surface area contributed by atoms with Gasteiger partial charge in [-0.1, -0.05) is 18.2 Å². The van der Waals surface area contributed by atoms with Crippen molar-refractivity contribution in [2.45, 2.75) is 32.4 Å².